The lowest BCUT2D eigenvalue weighted by Gasteiger charge is -2.05. The maximum absolute atomic E-state index is 5.89. The smallest absolute Gasteiger partial charge is 0.206 e. The second-order valence-electron chi connectivity index (χ2n) is 5.07. The number of thioether (sulfide) groups is 1. The average Bonchev–Trinajstić information content (AvgIpc) is 3.02. The Morgan fingerprint density at radius 1 is 1.09 bits per heavy atom. The van der Waals surface area contributed by atoms with Crippen LogP contribution in [0.15, 0.2) is 52.9 Å². The minimum absolute atomic E-state index is 0.761. The van der Waals surface area contributed by atoms with Crippen LogP contribution in [-0.4, -0.2) is 10.2 Å². The second-order valence-corrected chi connectivity index (χ2v) is 7.70. The van der Waals surface area contributed by atoms with E-state index in [0.29, 0.717) is 0 Å². The summed E-state index contributed by atoms with van der Waals surface area (Å²) in [5.74, 6) is 0.865. The maximum atomic E-state index is 5.89. The molecule has 1 heterocycles. The summed E-state index contributed by atoms with van der Waals surface area (Å²) < 4.78 is 0.965. The van der Waals surface area contributed by atoms with Crippen molar-refractivity contribution in [3.8, 4) is 0 Å². The fourth-order valence-corrected chi connectivity index (χ4v) is 3.87. The monoisotopic (exact) mass is 361 g/mol. The van der Waals surface area contributed by atoms with E-state index in [2.05, 4.69) is 46.7 Å². The third-order valence-electron chi connectivity index (χ3n) is 3.37. The normalized spacial score (nSPS) is 10.7. The van der Waals surface area contributed by atoms with Gasteiger partial charge in [0.1, 0.15) is 0 Å². The highest BCUT2D eigenvalue weighted by molar-refractivity contribution is 8.00. The summed E-state index contributed by atoms with van der Waals surface area (Å²) in [5, 5.41) is 13.4. The third kappa shape index (κ3) is 4.70. The van der Waals surface area contributed by atoms with Gasteiger partial charge in [0, 0.05) is 17.3 Å². The van der Waals surface area contributed by atoms with E-state index in [1.807, 2.05) is 24.3 Å². The van der Waals surface area contributed by atoms with Gasteiger partial charge in [-0.2, -0.15) is 0 Å². The van der Waals surface area contributed by atoms with E-state index in [1.54, 1.807) is 23.1 Å². The molecule has 0 aliphatic carbocycles. The quantitative estimate of drug-likeness (QED) is 0.596. The van der Waals surface area contributed by atoms with Crippen molar-refractivity contribution in [2.75, 3.05) is 5.32 Å². The van der Waals surface area contributed by atoms with Gasteiger partial charge in [-0.15, -0.1) is 10.2 Å². The van der Waals surface area contributed by atoms with Crippen LogP contribution in [0.5, 0.6) is 0 Å². The van der Waals surface area contributed by atoms with Crippen LogP contribution in [0, 0.1) is 6.92 Å². The number of hydrogen-bond acceptors (Lipinski definition) is 5. The summed E-state index contributed by atoms with van der Waals surface area (Å²) in [4.78, 5) is 0. The molecule has 0 amide bonds. The SMILES string of the molecule is Cc1ccccc1CNc1nnc(SCc2ccc(Cl)cc2)s1. The number of nitrogens with zero attached hydrogens (tertiary/aromatic N) is 2. The first-order valence-electron chi connectivity index (χ1n) is 7.20. The summed E-state index contributed by atoms with van der Waals surface area (Å²) in [6.45, 7) is 2.88. The number of hydrogen-bond donors (Lipinski definition) is 1. The molecule has 0 atom stereocenters. The van der Waals surface area contributed by atoms with E-state index in [-0.39, 0.29) is 0 Å². The lowest BCUT2D eigenvalue weighted by molar-refractivity contribution is 0.993. The van der Waals surface area contributed by atoms with Gasteiger partial charge >= 0.3 is 0 Å². The molecule has 3 aromatic rings. The van der Waals surface area contributed by atoms with E-state index >= 15 is 0 Å². The first kappa shape index (κ1) is 16.3. The van der Waals surface area contributed by atoms with Crippen LogP contribution < -0.4 is 5.32 Å². The van der Waals surface area contributed by atoms with Crippen molar-refractivity contribution in [2.24, 2.45) is 0 Å². The van der Waals surface area contributed by atoms with E-state index < -0.39 is 0 Å². The molecule has 0 aliphatic rings. The molecule has 0 saturated heterocycles. The number of benzene rings is 2. The van der Waals surface area contributed by atoms with Gasteiger partial charge in [-0.1, -0.05) is 71.1 Å². The highest BCUT2D eigenvalue weighted by atomic mass is 35.5. The molecule has 1 N–H and O–H groups in total. The molecule has 0 saturated carbocycles. The van der Waals surface area contributed by atoms with E-state index in [1.165, 1.54) is 16.7 Å². The largest absolute Gasteiger partial charge is 0.356 e. The average molecular weight is 362 g/mol. The van der Waals surface area contributed by atoms with Gasteiger partial charge in [0.2, 0.25) is 5.13 Å². The molecule has 3 nitrogen and oxygen atoms in total. The van der Waals surface area contributed by atoms with Gasteiger partial charge < -0.3 is 5.32 Å². The zero-order valence-corrected chi connectivity index (χ0v) is 15.0. The van der Waals surface area contributed by atoms with Crippen LogP contribution in [0.2, 0.25) is 5.02 Å². The van der Waals surface area contributed by atoms with Gasteiger partial charge in [-0.3, -0.25) is 0 Å². The molecule has 2 aromatic carbocycles. The molecule has 3 rings (SSSR count). The number of anilines is 1. The van der Waals surface area contributed by atoms with Crippen molar-refractivity contribution in [1.82, 2.24) is 10.2 Å². The summed E-state index contributed by atoms with van der Waals surface area (Å²) in [5.41, 5.74) is 3.78. The molecule has 0 fully saturated rings. The Kier molecular flexibility index (Phi) is 5.54. The predicted molar refractivity (Wildman–Crippen MR) is 99.4 cm³/mol. The van der Waals surface area contributed by atoms with Crippen LogP contribution >= 0.6 is 34.7 Å². The second kappa shape index (κ2) is 7.81. The zero-order chi connectivity index (χ0) is 16.1. The summed E-state index contributed by atoms with van der Waals surface area (Å²) in [6, 6.07) is 16.2. The van der Waals surface area contributed by atoms with Gasteiger partial charge in [-0.25, -0.2) is 0 Å². The van der Waals surface area contributed by atoms with Gasteiger partial charge in [0.05, 0.1) is 0 Å². The Labute approximate surface area is 149 Å². The fourth-order valence-electron chi connectivity index (χ4n) is 2.04. The molecule has 1 aromatic heterocycles. The van der Waals surface area contributed by atoms with Gasteiger partial charge in [0.25, 0.3) is 0 Å². The fraction of sp³-hybridized carbons (Fsp3) is 0.176. The minimum Gasteiger partial charge on any atom is -0.356 e. The number of rotatable bonds is 6. The molecule has 0 unspecified atom stereocenters. The Hall–Kier alpha value is -1.56. The van der Waals surface area contributed by atoms with E-state index in [4.69, 9.17) is 11.6 Å². The van der Waals surface area contributed by atoms with Gasteiger partial charge in [0.15, 0.2) is 4.34 Å². The summed E-state index contributed by atoms with van der Waals surface area (Å²) in [6.07, 6.45) is 0. The maximum Gasteiger partial charge on any atom is 0.206 e. The summed E-state index contributed by atoms with van der Waals surface area (Å²) in [7, 11) is 0. The highest BCUT2D eigenvalue weighted by Gasteiger charge is 2.06. The number of nitrogens with one attached hydrogen (secondary N) is 1. The van der Waals surface area contributed by atoms with Crippen LogP contribution in [0.4, 0.5) is 5.13 Å². The standard InChI is InChI=1S/C17H16ClN3S2/c1-12-4-2-3-5-14(12)10-19-16-20-21-17(23-16)22-11-13-6-8-15(18)9-7-13/h2-9H,10-11H2,1H3,(H,19,20). The first-order valence-corrected chi connectivity index (χ1v) is 9.38. The van der Waals surface area contributed by atoms with Gasteiger partial charge in [-0.05, 0) is 35.7 Å². The molecule has 6 heteroatoms. The Morgan fingerprint density at radius 3 is 2.65 bits per heavy atom. The Balaban J connectivity index is 1.53. The van der Waals surface area contributed by atoms with Crippen LogP contribution in [-0.2, 0) is 12.3 Å². The topological polar surface area (TPSA) is 37.8 Å². The molecular weight excluding hydrogens is 346 g/mol. The van der Waals surface area contributed by atoms with Crippen molar-refractivity contribution in [3.05, 3.63) is 70.2 Å². The third-order valence-corrected chi connectivity index (χ3v) is 5.71. The van der Waals surface area contributed by atoms with Crippen LogP contribution in [0.3, 0.4) is 0 Å². The van der Waals surface area contributed by atoms with Crippen molar-refractivity contribution in [1.29, 1.82) is 0 Å². The molecule has 23 heavy (non-hydrogen) atoms. The number of aryl methyl sites for hydroxylation is 1. The molecule has 118 valence electrons. The lowest BCUT2D eigenvalue weighted by Crippen LogP contribution is -2.00. The van der Waals surface area contributed by atoms with Crippen LogP contribution in [0.1, 0.15) is 16.7 Å². The lowest BCUT2D eigenvalue weighted by atomic mass is 10.1. The molecule has 0 spiro atoms. The minimum atomic E-state index is 0.761. The Bertz CT molecular complexity index is 772. The van der Waals surface area contributed by atoms with E-state index in [0.717, 1.165) is 26.8 Å². The summed E-state index contributed by atoms with van der Waals surface area (Å²) >= 11 is 9.16. The van der Waals surface area contributed by atoms with Crippen molar-refractivity contribution in [2.45, 2.75) is 23.6 Å². The number of aromatic nitrogens is 2. The first-order chi connectivity index (χ1) is 11.2. The molecule has 0 aliphatic heterocycles. The predicted octanol–water partition coefficient (Wildman–Crippen LogP) is 5.40. The molecular formula is C17H16ClN3S2. The number of halogens is 1. The Morgan fingerprint density at radius 2 is 1.87 bits per heavy atom. The highest BCUT2D eigenvalue weighted by Crippen LogP contribution is 2.29. The van der Waals surface area contributed by atoms with Crippen molar-refractivity contribution in [3.63, 3.8) is 0 Å². The van der Waals surface area contributed by atoms with Crippen molar-refractivity contribution >= 4 is 39.8 Å². The van der Waals surface area contributed by atoms with E-state index in [9.17, 15) is 0 Å². The van der Waals surface area contributed by atoms with Crippen LogP contribution in [0.25, 0.3) is 0 Å². The molecule has 0 bridgehead atoms. The zero-order valence-electron chi connectivity index (χ0n) is 12.6. The molecule has 0 radical (unpaired) electrons. The van der Waals surface area contributed by atoms with Crippen molar-refractivity contribution < 1.29 is 0 Å².